The van der Waals surface area contributed by atoms with Crippen LogP contribution >= 0.6 is 0 Å². The standard InChI is InChI=1S/C21H21F2N5O2/c22-20(23)30-18-4-3-17(16-2-1-7-25-19(16)18)26-21(29)28-12-10-27(11-13-28)14-15-5-8-24-9-6-15/h1-9,20H,10-14H2,(H,26,29). The maximum Gasteiger partial charge on any atom is 0.387 e. The van der Waals surface area contributed by atoms with E-state index in [0.29, 0.717) is 24.2 Å². The fraction of sp³-hybridized carbons (Fsp3) is 0.286. The van der Waals surface area contributed by atoms with Crippen LogP contribution in [0.1, 0.15) is 5.56 Å². The molecule has 156 valence electrons. The molecule has 1 N–H and O–H groups in total. The van der Waals surface area contributed by atoms with Crippen molar-refractivity contribution in [1.82, 2.24) is 19.8 Å². The summed E-state index contributed by atoms with van der Waals surface area (Å²) in [6.07, 6.45) is 5.04. The number of hydrogen-bond acceptors (Lipinski definition) is 5. The van der Waals surface area contributed by atoms with E-state index in [1.807, 2.05) is 12.1 Å². The third-order valence-corrected chi connectivity index (χ3v) is 5.01. The summed E-state index contributed by atoms with van der Waals surface area (Å²) >= 11 is 0. The number of rotatable bonds is 5. The topological polar surface area (TPSA) is 70.6 Å². The lowest BCUT2D eigenvalue weighted by atomic mass is 10.1. The molecule has 3 heterocycles. The zero-order chi connectivity index (χ0) is 20.9. The highest BCUT2D eigenvalue weighted by Crippen LogP contribution is 2.31. The first-order valence-corrected chi connectivity index (χ1v) is 9.60. The number of benzene rings is 1. The Balaban J connectivity index is 1.40. The average molecular weight is 413 g/mol. The zero-order valence-electron chi connectivity index (χ0n) is 16.2. The quantitative estimate of drug-likeness (QED) is 0.692. The lowest BCUT2D eigenvalue weighted by molar-refractivity contribution is -0.0489. The molecular weight excluding hydrogens is 392 g/mol. The minimum absolute atomic E-state index is 0.0247. The van der Waals surface area contributed by atoms with Gasteiger partial charge in [-0.1, -0.05) is 0 Å². The molecule has 2 amide bonds. The second kappa shape index (κ2) is 9.00. The van der Waals surface area contributed by atoms with E-state index in [1.54, 1.807) is 35.5 Å². The monoisotopic (exact) mass is 413 g/mol. The van der Waals surface area contributed by atoms with Crippen LogP contribution in [0.15, 0.2) is 55.0 Å². The van der Waals surface area contributed by atoms with Crippen molar-refractivity contribution >= 4 is 22.6 Å². The summed E-state index contributed by atoms with van der Waals surface area (Å²) in [7, 11) is 0. The van der Waals surface area contributed by atoms with Gasteiger partial charge in [0, 0.05) is 56.7 Å². The molecule has 30 heavy (non-hydrogen) atoms. The number of hydrogen-bond donors (Lipinski definition) is 1. The van der Waals surface area contributed by atoms with Gasteiger partial charge in [0.15, 0.2) is 5.75 Å². The Morgan fingerprint density at radius 1 is 1.07 bits per heavy atom. The first kappa shape index (κ1) is 20.0. The lowest BCUT2D eigenvalue weighted by Crippen LogP contribution is -2.49. The Kier molecular flexibility index (Phi) is 5.99. The molecule has 4 rings (SSSR count). The fourth-order valence-corrected chi connectivity index (χ4v) is 3.50. The molecule has 0 bridgehead atoms. The number of halogens is 2. The van der Waals surface area contributed by atoms with Crippen molar-refractivity contribution in [2.45, 2.75) is 13.2 Å². The minimum atomic E-state index is -2.95. The maximum absolute atomic E-state index is 12.8. The number of nitrogens with one attached hydrogen (secondary N) is 1. The highest BCUT2D eigenvalue weighted by molar-refractivity contribution is 6.02. The molecule has 0 aliphatic carbocycles. The number of aromatic nitrogens is 2. The van der Waals surface area contributed by atoms with E-state index >= 15 is 0 Å². The van der Waals surface area contributed by atoms with Gasteiger partial charge in [-0.15, -0.1) is 0 Å². The van der Waals surface area contributed by atoms with Gasteiger partial charge in [-0.05, 0) is 42.0 Å². The molecule has 1 aromatic carbocycles. The Hall–Kier alpha value is -3.33. The Morgan fingerprint density at radius 2 is 1.83 bits per heavy atom. The van der Waals surface area contributed by atoms with Crippen LogP contribution in [0.5, 0.6) is 5.75 Å². The summed E-state index contributed by atoms with van der Waals surface area (Å²) in [5, 5.41) is 3.42. The van der Waals surface area contributed by atoms with E-state index in [0.717, 1.165) is 19.6 Å². The van der Waals surface area contributed by atoms with Crippen LogP contribution in [0.4, 0.5) is 19.3 Å². The van der Waals surface area contributed by atoms with E-state index in [4.69, 9.17) is 0 Å². The zero-order valence-corrected chi connectivity index (χ0v) is 16.2. The van der Waals surface area contributed by atoms with Crippen molar-refractivity contribution in [3.05, 3.63) is 60.6 Å². The molecule has 3 aromatic rings. The molecule has 0 radical (unpaired) electrons. The number of nitrogens with zero attached hydrogens (tertiary/aromatic N) is 4. The van der Waals surface area contributed by atoms with Gasteiger partial charge in [-0.3, -0.25) is 14.9 Å². The van der Waals surface area contributed by atoms with Gasteiger partial charge in [0.05, 0.1) is 5.69 Å². The first-order valence-electron chi connectivity index (χ1n) is 9.60. The number of ether oxygens (including phenoxy) is 1. The van der Waals surface area contributed by atoms with Crippen molar-refractivity contribution in [2.24, 2.45) is 0 Å². The van der Waals surface area contributed by atoms with Crippen LogP contribution in [0, 0.1) is 0 Å². The number of urea groups is 1. The molecule has 1 fully saturated rings. The highest BCUT2D eigenvalue weighted by Gasteiger charge is 2.22. The number of anilines is 1. The summed E-state index contributed by atoms with van der Waals surface area (Å²) in [6.45, 7) is 0.594. The van der Waals surface area contributed by atoms with Crippen LogP contribution in [0.3, 0.4) is 0 Å². The van der Waals surface area contributed by atoms with Crippen LogP contribution in [0.2, 0.25) is 0 Å². The summed E-state index contributed by atoms with van der Waals surface area (Å²) in [6, 6.07) is 10.1. The molecule has 1 saturated heterocycles. The normalized spacial score (nSPS) is 14.8. The van der Waals surface area contributed by atoms with E-state index in [9.17, 15) is 13.6 Å². The summed E-state index contributed by atoms with van der Waals surface area (Å²) < 4.78 is 29.8. The van der Waals surface area contributed by atoms with Gasteiger partial charge in [-0.2, -0.15) is 8.78 Å². The average Bonchev–Trinajstić information content (AvgIpc) is 2.76. The van der Waals surface area contributed by atoms with Gasteiger partial charge in [0.2, 0.25) is 0 Å². The third kappa shape index (κ3) is 4.62. The van der Waals surface area contributed by atoms with Crippen molar-refractivity contribution in [3.63, 3.8) is 0 Å². The number of piperazine rings is 1. The smallest absolute Gasteiger partial charge is 0.387 e. The predicted molar refractivity (Wildman–Crippen MR) is 108 cm³/mol. The lowest BCUT2D eigenvalue weighted by Gasteiger charge is -2.34. The van der Waals surface area contributed by atoms with Gasteiger partial charge >= 0.3 is 12.6 Å². The summed E-state index contributed by atoms with van der Waals surface area (Å²) in [4.78, 5) is 24.9. The second-order valence-corrected chi connectivity index (χ2v) is 6.94. The number of pyridine rings is 2. The van der Waals surface area contributed by atoms with Crippen LogP contribution in [-0.2, 0) is 6.54 Å². The van der Waals surface area contributed by atoms with E-state index in [1.165, 1.54) is 17.8 Å². The Labute approximate surface area is 172 Å². The molecule has 7 nitrogen and oxygen atoms in total. The van der Waals surface area contributed by atoms with Gasteiger partial charge in [-0.25, -0.2) is 4.79 Å². The van der Waals surface area contributed by atoms with Crippen LogP contribution in [0.25, 0.3) is 10.9 Å². The van der Waals surface area contributed by atoms with Gasteiger partial charge in [0.25, 0.3) is 0 Å². The number of alkyl halides is 2. The third-order valence-electron chi connectivity index (χ3n) is 5.01. The fourth-order valence-electron chi connectivity index (χ4n) is 3.50. The molecule has 0 unspecified atom stereocenters. The van der Waals surface area contributed by atoms with Crippen molar-refractivity contribution in [3.8, 4) is 5.75 Å². The van der Waals surface area contributed by atoms with Crippen LogP contribution < -0.4 is 10.1 Å². The molecule has 1 aliphatic rings. The second-order valence-electron chi connectivity index (χ2n) is 6.94. The minimum Gasteiger partial charge on any atom is -0.432 e. The number of amides is 2. The summed E-state index contributed by atoms with van der Waals surface area (Å²) in [5.41, 5.74) is 1.97. The summed E-state index contributed by atoms with van der Waals surface area (Å²) in [5.74, 6) is -0.0247. The molecular formula is C21H21F2N5O2. The highest BCUT2D eigenvalue weighted by atomic mass is 19.3. The van der Waals surface area contributed by atoms with E-state index in [-0.39, 0.29) is 17.3 Å². The Morgan fingerprint density at radius 3 is 2.57 bits per heavy atom. The molecule has 0 saturated carbocycles. The van der Waals surface area contributed by atoms with Crippen LogP contribution in [-0.4, -0.2) is 58.6 Å². The van der Waals surface area contributed by atoms with Crippen molar-refractivity contribution < 1.29 is 18.3 Å². The van der Waals surface area contributed by atoms with Crippen molar-refractivity contribution in [1.29, 1.82) is 0 Å². The molecule has 2 aromatic heterocycles. The molecule has 9 heteroatoms. The molecule has 1 aliphatic heterocycles. The number of fused-ring (bicyclic) bond motifs is 1. The number of carbonyl (C=O) groups excluding carboxylic acids is 1. The van der Waals surface area contributed by atoms with Gasteiger partial charge in [0.1, 0.15) is 5.52 Å². The Bertz CT molecular complexity index is 1010. The maximum atomic E-state index is 12.8. The predicted octanol–water partition coefficient (Wildman–Crippen LogP) is 3.58. The number of carbonyl (C=O) groups is 1. The van der Waals surface area contributed by atoms with Crippen molar-refractivity contribution in [2.75, 3.05) is 31.5 Å². The first-order chi connectivity index (χ1) is 14.6. The largest absolute Gasteiger partial charge is 0.432 e. The van der Waals surface area contributed by atoms with Gasteiger partial charge < -0.3 is 15.0 Å². The van der Waals surface area contributed by atoms with E-state index in [2.05, 4.69) is 24.9 Å². The SMILES string of the molecule is O=C(Nc1ccc(OC(F)F)c2ncccc12)N1CCN(Cc2ccncc2)CC1. The van der Waals surface area contributed by atoms with E-state index < -0.39 is 6.61 Å². The molecule has 0 atom stereocenters. The molecule has 0 spiro atoms.